The van der Waals surface area contributed by atoms with Crippen LogP contribution in [0.4, 0.5) is 0 Å². The summed E-state index contributed by atoms with van der Waals surface area (Å²) in [6, 6.07) is -0.180. The van der Waals surface area contributed by atoms with Crippen LogP contribution in [-0.2, 0) is 9.59 Å². The SMILES string of the molecule is CCCC1NC(=O)C(C)(CC)N(C(CC)CC)C1=O. The van der Waals surface area contributed by atoms with Crippen molar-refractivity contribution in [3.8, 4) is 0 Å². The lowest BCUT2D eigenvalue weighted by molar-refractivity contribution is -0.160. The highest BCUT2D eigenvalue weighted by atomic mass is 16.2. The lowest BCUT2D eigenvalue weighted by Gasteiger charge is -2.49. The van der Waals surface area contributed by atoms with Crippen LogP contribution in [0, 0.1) is 0 Å². The fourth-order valence-electron chi connectivity index (χ4n) is 2.95. The van der Waals surface area contributed by atoms with Gasteiger partial charge in [0.2, 0.25) is 11.8 Å². The van der Waals surface area contributed by atoms with Crippen molar-refractivity contribution in [2.24, 2.45) is 0 Å². The average Bonchev–Trinajstić information content (AvgIpc) is 2.41. The number of nitrogens with one attached hydrogen (secondary N) is 1. The first-order valence-electron chi connectivity index (χ1n) is 7.60. The predicted molar refractivity (Wildman–Crippen MR) is 76.8 cm³/mol. The summed E-state index contributed by atoms with van der Waals surface area (Å²) in [4.78, 5) is 27.0. The van der Waals surface area contributed by atoms with Gasteiger partial charge >= 0.3 is 0 Å². The zero-order chi connectivity index (χ0) is 14.6. The molecule has 0 saturated carbocycles. The maximum Gasteiger partial charge on any atom is 0.246 e. The van der Waals surface area contributed by atoms with Crippen molar-refractivity contribution in [2.75, 3.05) is 0 Å². The molecule has 1 aliphatic rings. The molecule has 2 amide bonds. The molecule has 0 radical (unpaired) electrons. The molecule has 0 aromatic carbocycles. The topological polar surface area (TPSA) is 49.4 Å². The molecule has 1 rings (SSSR count). The van der Waals surface area contributed by atoms with Gasteiger partial charge in [-0.05, 0) is 32.6 Å². The molecule has 0 bridgehead atoms. The van der Waals surface area contributed by atoms with Gasteiger partial charge in [0.15, 0.2) is 0 Å². The summed E-state index contributed by atoms with van der Waals surface area (Å²) in [5, 5.41) is 2.91. The fraction of sp³-hybridized carbons (Fsp3) is 0.867. The summed E-state index contributed by atoms with van der Waals surface area (Å²) in [6.07, 6.45) is 4.06. The first-order valence-corrected chi connectivity index (χ1v) is 7.60. The van der Waals surface area contributed by atoms with Gasteiger partial charge in [0, 0.05) is 6.04 Å². The van der Waals surface area contributed by atoms with Crippen molar-refractivity contribution >= 4 is 11.8 Å². The van der Waals surface area contributed by atoms with E-state index in [2.05, 4.69) is 19.2 Å². The molecule has 0 aromatic rings. The van der Waals surface area contributed by atoms with Crippen LogP contribution in [0.3, 0.4) is 0 Å². The Kier molecular flexibility index (Phi) is 5.39. The number of hydrogen-bond donors (Lipinski definition) is 1. The molecular weight excluding hydrogens is 240 g/mol. The molecule has 19 heavy (non-hydrogen) atoms. The van der Waals surface area contributed by atoms with E-state index < -0.39 is 5.54 Å². The van der Waals surface area contributed by atoms with E-state index in [1.807, 2.05) is 25.7 Å². The Morgan fingerprint density at radius 3 is 2.21 bits per heavy atom. The van der Waals surface area contributed by atoms with Crippen molar-refractivity contribution in [3.05, 3.63) is 0 Å². The first-order chi connectivity index (χ1) is 8.96. The van der Waals surface area contributed by atoms with Gasteiger partial charge in [0.1, 0.15) is 11.6 Å². The molecule has 1 N–H and O–H groups in total. The van der Waals surface area contributed by atoms with Gasteiger partial charge < -0.3 is 10.2 Å². The number of amides is 2. The van der Waals surface area contributed by atoms with Crippen LogP contribution in [0.1, 0.15) is 66.7 Å². The lowest BCUT2D eigenvalue weighted by atomic mass is 9.87. The van der Waals surface area contributed by atoms with Gasteiger partial charge in [-0.15, -0.1) is 0 Å². The van der Waals surface area contributed by atoms with Crippen LogP contribution in [0.25, 0.3) is 0 Å². The third-order valence-electron chi connectivity index (χ3n) is 4.44. The zero-order valence-corrected chi connectivity index (χ0v) is 13.0. The van der Waals surface area contributed by atoms with E-state index in [1.165, 1.54) is 0 Å². The van der Waals surface area contributed by atoms with Gasteiger partial charge in [-0.25, -0.2) is 0 Å². The normalized spacial score (nSPS) is 27.9. The van der Waals surface area contributed by atoms with E-state index in [0.29, 0.717) is 6.42 Å². The van der Waals surface area contributed by atoms with E-state index in [1.54, 1.807) is 0 Å². The number of carbonyl (C=O) groups excluding carboxylic acids is 2. The number of hydrogen-bond acceptors (Lipinski definition) is 2. The Morgan fingerprint density at radius 1 is 1.21 bits per heavy atom. The second kappa shape index (κ2) is 6.40. The van der Waals surface area contributed by atoms with Crippen LogP contribution in [0.2, 0.25) is 0 Å². The Hall–Kier alpha value is -1.06. The van der Waals surface area contributed by atoms with E-state index in [0.717, 1.165) is 25.7 Å². The van der Waals surface area contributed by atoms with Crippen LogP contribution in [-0.4, -0.2) is 34.3 Å². The van der Waals surface area contributed by atoms with Crippen molar-refractivity contribution in [2.45, 2.75) is 84.3 Å². The Labute approximate surface area is 116 Å². The zero-order valence-electron chi connectivity index (χ0n) is 13.0. The Bertz CT molecular complexity index is 339. The molecule has 0 aromatic heterocycles. The summed E-state index contributed by atoms with van der Waals surface area (Å²) in [7, 11) is 0. The molecule has 1 aliphatic heterocycles. The van der Waals surface area contributed by atoms with Crippen LogP contribution < -0.4 is 5.32 Å². The number of rotatable bonds is 6. The average molecular weight is 268 g/mol. The largest absolute Gasteiger partial charge is 0.342 e. The van der Waals surface area contributed by atoms with Crippen molar-refractivity contribution in [1.82, 2.24) is 10.2 Å². The van der Waals surface area contributed by atoms with Crippen molar-refractivity contribution in [3.63, 3.8) is 0 Å². The van der Waals surface area contributed by atoms with E-state index in [-0.39, 0.29) is 23.9 Å². The minimum absolute atomic E-state index is 0.0000463. The molecule has 0 spiro atoms. The highest BCUT2D eigenvalue weighted by molar-refractivity contribution is 5.99. The molecule has 4 heteroatoms. The molecule has 1 heterocycles. The summed E-state index contributed by atoms with van der Waals surface area (Å²) >= 11 is 0. The van der Waals surface area contributed by atoms with Crippen LogP contribution in [0.15, 0.2) is 0 Å². The highest BCUT2D eigenvalue weighted by Gasteiger charge is 2.49. The van der Waals surface area contributed by atoms with Crippen molar-refractivity contribution in [1.29, 1.82) is 0 Å². The van der Waals surface area contributed by atoms with Gasteiger partial charge in [-0.2, -0.15) is 0 Å². The molecule has 0 aliphatic carbocycles. The highest BCUT2D eigenvalue weighted by Crippen LogP contribution is 2.30. The summed E-state index contributed by atoms with van der Waals surface area (Å²) in [5.41, 5.74) is -0.696. The number of nitrogens with zero attached hydrogens (tertiary/aromatic N) is 1. The summed E-state index contributed by atoms with van der Waals surface area (Å²) in [6.45, 7) is 10.1. The molecule has 1 fully saturated rings. The first kappa shape index (κ1) is 16.0. The maximum atomic E-state index is 12.7. The van der Waals surface area contributed by atoms with E-state index in [4.69, 9.17) is 0 Å². The minimum atomic E-state index is -0.696. The number of piperazine rings is 1. The second-order valence-electron chi connectivity index (χ2n) is 5.62. The van der Waals surface area contributed by atoms with Crippen LogP contribution >= 0.6 is 0 Å². The quantitative estimate of drug-likeness (QED) is 0.804. The molecule has 110 valence electrons. The predicted octanol–water partition coefficient (Wildman–Crippen LogP) is 2.47. The maximum absolute atomic E-state index is 12.7. The molecule has 2 unspecified atom stereocenters. The van der Waals surface area contributed by atoms with Crippen LogP contribution in [0.5, 0.6) is 0 Å². The third-order valence-corrected chi connectivity index (χ3v) is 4.44. The molecule has 4 nitrogen and oxygen atoms in total. The fourth-order valence-corrected chi connectivity index (χ4v) is 2.95. The van der Waals surface area contributed by atoms with E-state index >= 15 is 0 Å². The summed E-state index contributed by atoms with van der Waals surface area (Å²) in [5.74, 6) is 0.0967. The standard InChI is InChI=1S/C15H28N2O2/c1-6-10-12-13(18)17(11(7-2)8-3)15(5,9-4)14(19)16-12/h11-12H,6-10H2,1-5H3,(H,16,19). The summed E-state index contributed by atoms with van der Waals surface area (Å²) < 4.78 is 0. The Balaban J connectivity index is 3.14. The molecule has 1 saturated heterocycles. The minimum Gasteiger partial charge on any atom is -0.342 e. The van der Waals surface area contributed by atoms with Crippen molar-refractivity contribution < 1.29 is 9.59 Å². The number of carbonyl (C=O) groups is 2. The van der Waals surface area contributed by atoms with Gasteiger partial charge in [-0.1, -0.05) is 34.1 Å². The molecule has 2 atom stereocenters. The monoisotopic (exact) mass is 268 g/mol. The second-order valence-corrected chi connectivity index (χ2v) is 5.62. The van der Waals surface area contributed by atoms with E-state index in [9.17, 15) is 9.59 Å². The third kappa shape index (κ3) is 2.77. The van der Waals surface area contributed by atoms with Gasteiger partial charge in [-0.3, -0.25) is 9.59 Å². The lowest BCUT2D eigenvalue weighted by Crippen LogP contribution is -2.71. The van der Waals surface area contributed by atoms with Gasteiger partial charge in [0.05, 0.1) is 0 Å². The van der Waals surface area contributed by atoms with Gasteiger partial charge in [0.25, 0.3) is 0 Å². The smallest absolute Gasteiger partial charge is 0.246 e. The molecular formula is C15H28N2O2. The Morgan fingerprint density at radius 2 is 1.79 bits per heavy atom.